The zero-order valence-corrected chi connectivity index (χ0v) is 18.6. The summed E-state index contributed by atoms with van der Waals surface area (Å²) in [5.41, 5.74) is 2.02. The lowest BCUT2D eigenvalue weighted by molar-refractivity contribution is -0.121. The zero-order chi connectivity index (χ0) is 23.2. The fraction of sp³-hybridized carbons (Fsp3) is 0.400. The topological polar surface area (TPSA) is 102 Å². The molecule has 8 nitrogen and oxygen atoms in total. The van der Waals surface area contributed by atoms with Gasteiger partial charge in [-0.2, -0.15) is 0 Å². The molecule has 33 heavy (non-hydrogen) atoms. The maximum atomic E-state index is 12.5. The summed E-state index contributed by atoms with van der Waals surface area (Å²) < 4.78 is 0. The number of phenols is 1. The molecule has 0 atom stereocenters. The van der Waals surface area contributed by atoms with Gasteiger partial charge in [0.25, 0.3) is 0 Å². The molecular formula is C25H30N4O4. The molecule has 0 radical (unpaired) electrons. The summed E-state index contributed by atoms with van der Waals surface area (Å²) in [5, 5.41) is 15.5. The van der Waals surface area contributed by atoms with Crippen molar-refractivity contribution in [2.24, 2.45) is 5.92 Å². The number of amides is 3. The fourth-order valence-electron chi connectivity index (χ4n) is 4.36. The Kier molecular flexibility index (Phi) is 7.24. The van der Waals surface area contributed by atoms with E-state index in [9.17, 15) is 19.5 Å². The molecule has 2 heterocycles. The Balaban J connectivity index is 1.17. The van der Waals surface area contributed by atoms with Gasteiger partial charge in [-0.3, -0.25) is 14.4 Å². The lowest BCUT2D eigenvalue weighted by Gasteiger charge is -2.31. The highest BCUT2D eigenvalue weighted by molar-refractivity contribution is 5.96. The number of phenolic OH excluding ortho intramolecular Hbond substituents is 1. The first kappa shape index (κ1) is 22.8. The third kappa shape index (κ3) is 5.90. The average Bonchev–Trinajstić information content (AvgIpc) is 3.26. The number of hydrogen-bond acceptors (Lipinski definition) is 5. The number of anilines is 3. The van der Waals surface area contributed by atoms with Gasteiger partial charge in [-0.25, -0.2) is 0 Å². The Morgan fingerprint density at radius 3 is 2.36 bits per heavy atom. The summed E-state index contributed by atoms with van der Waals surface area (Å²) in [6.07, 6.45) is 3.30. The molecule has 2 saturated heterocycles. The molecule has 0 saturated carbocycles. The van der Waals surface area contributed by atoms with Crippen LogP contribution < -0.4 is 15.5 Å². The second-order valence-electron chi connectivity index (χ2n) is 8.62. The molecule has 2 fully saturated rings. The maximum absolute atomic E-state index is 12.5. The van der Waals surface area contributed by atoms with Gasteiger partial charge in [0.2, 0.25) is 17.7 Å². The second kappa shape index (κ2) is 10.5. The molecule has 3 amide bonds. The molecule has 8 heteroatoms. The Bertz CT molecular complexity index is 1000. The molecule has 2 aromatic rings. The molecule has 0 aromatic heterocycles. The van der Waals surface area contributed by atoms with Gasteiger partial charge in [-0.1, -0.05) is 12.1 Å². The van der Waals surface area contributed by atoms with E-state index in [0.717, 1.165) is 50.3 Å². The first-order chi connectivity index (χ1) is 16.0. The Morgan fingerprint density at radius 1 is 0.970 bits per heavy atom. The monoisotopic (exact) mass is 450 g/mol. The van der Waals surface area contributed by atoms with Crippen LogP contribution in [-0.2, 0) is 14.4 Å². The number of nitrogens with one attached hydrogen (secondary N) is 2. The number of nitrogens with zero attached hydrogens (tertiary/aromatic N) is 2. The van der Waals surface area contributed by atoms with Gasteiger partial charge in [0.05, 0.1) is 5.69 Å². The van der Waals surface area contributed by atoms with E-state index >= 15 is 0 Å². The van der Waals surface area contributed by atoms with E-state index in [4.69, 9.17) is 0 Å². The van der Waals surface area contributed by atoms with E-state index in [0.29, 0.717) is 25.1 Å². The van der Waals surface area contributed by atoms with Gasteiger partial charge in [0.1, 0.15) is 5.75 Å². The van der Waals surface area contributed by atoms with Crippen LogP contribution >= 0.6 is 0 Å². The molecule has 0 aliphatic carbocycles. The molecular weight excluding hydrogens is 420 g/mol. The highest BCUT2D eigenvalue weighted by Crippen LogP contribution is 2.25. The third-order valence-corrected chi connectivity index (χ3v) is 6.31. The number of hydrogen-bond donors (Lipinski definition) is 3. The molecule has 0 bridgehead atoms. The highest BCUT2D eigenvalue weighted by atomic mass is 16.3. The number of carbonyl (C=O) groups excluding carboxylic acids is 3. The quantitative estimate of drug-likeness (QED) is 0.563. The molecule has 4 rings (SSSR count). The third-order valence-electron chi connectivity index (χ3n) is 6.31. The number of para-hydroxylation sites is 2. The second-order valence-corrected chi connectivity index (χ2v) is 8.62. The van der Waals surface area contributed by atoms with Crippen molar-refractivity contribution in [2.75, 3.05) is 41.7 Å². The van der Waals surface area contributed by atoms with Gasteiger partial charge in [-0.15, -0.1) is 0 Å². The van der Waals surface area contributed by atoms with Crippen LogP contribution in [0.2, 0.25) is 0 Å². The van der Waals surface area contributed by atoms with E-state index in [1.165, 1.54) is 0 Å². The van der Waals surface area contributed by atoms with Gasteiger partial charge >= 0.3 is 0 Å². The first-order valence-electron chi connectivity index (χ1n) is 11.5. The van der Waals surface area contributed by atoms with Crippen molar-refractivity contribution in [3.8, 4) is 5.75 Å². The minimum Gasteiger partial charge on any atom is -0.506 e. The van der Waals surface area contributed by atoms with Crippen LogP contribution in [0.4, 0.5) is 17.1 Å². The number of likely N-dealkylation sites (tertiary alicyclic amines) is 1. The van der Waals surface area contributed by atoms with Crippen molar-refractivity contribution in [3.63, 3.8) is 0 Å². The van der Waals surface area contributed by atoms with E-state index in [1.54, 1.807) is 29.2 Å². The minimum absolute atomic E-state index is 0.0561. The van der Waals surface area contributed by atoms with Crippen LogP contribution in [0.3, 0.4) is 0 Å². The van der Waals surface area contributed by atoms with Crippen LogP contribution in [0.25, 0.3) is 0 Å². The number of benzene rings is 2. The summed E-state index contributed by atoms with van der Waals surface area (Å²) >= 11 is 0. The van der Waals surface area contributed by atoms with E-state index in [2.05, 4.69) is 15.5 Å². The standard InChI is InChI=1S/C25H30N4O4/c30-22-5-2-1-4-21(22)27-25(33)18-11-15-28(16-12-18)17-13-23(31)26-19-7-9-20(10-8-19)29-14-3-6-24(29)32/h1-2,4-5,7-10,18,30H,3,6,11-17H2,(H,26,31)(H,27,33). The van der Waals surface area contributed by atoms with Gasteiger partial charge in [-0.05, 0) is 68.8 Å². The molecule has 2 aliphatic rings. The Hall–Kier alpha value is -3.39. The number of carbonyl (C=O) groups is 3. The van der Waals surface area contributed by atoms with Crippen molar-refractivity contribution in [1.29, 1.82) is 0 Å². The molecule has 2 aromatic carbocycles. The largest absolute Gasteiger partial charge is 0.506 e. The molecule has 0 unspecified atom stereocenters. The van der Waals surface area contributed by atoms with Crippen LogP contribution in [0, 0.1) is 5.92 Å². The smallest absolute Gasteiger partial charge is 0.227 e. The summed E-state index contributed by atoms with van der Waals surface area (Å²) in [6.45, 7) is 2.90. The van der Waals surface area contributed by atoms with Gasteiger partial charge in [0.15, 0.2) is 0 Å². The van der Waals surface area contributed by atoms with E-state index < -0.39 is 0 Å². The zero-order valence-electron chi connectivity index (χ0n) is 18.6. The van der Waals surface area contributed by atoms with Crippen molar-refractivity contribution in [2.45, 2.75) is 32.1 Å². The normalized spacial score (nSPS) is 17.2. The van der Waals surface area contributed by atoms with Crippen molar-refractivity contribution >= 4 is 34.8 Å². The summed E-state index contributed by atoms with van der Waals surface area (Å²) in [5.74, 6) is -0.0252. The number of piperidine rings is 1. The highest BCUT2D eigenvalue weighted by Gasteiger charge is 2.26. The van der Waals surface area contributed by atoms with Gasteiger partial charge < -0.3 is 25.5 Å². The minimum atomic E-state index is -0.101. The molecule has 2 aliphatic heterocycles. The lowest BCUT2D eigenvalue weighted by atomic mass is 9.95. The van der Waals surface area contributed by atoms with E-state index in [1.807, 2.05) is 24.3 Å². The van der Waals surface area contributed by atoms with Crippen LogP contribution in [0.1, 0.15) is 32.1 Å². The van der Waals surface area contributed by atoms with Crippen LogP contribution in [0.5, 0.6) is 5.75 Å². The predicted molar refractivity (Wildman–Crippen MR) is 127 cm³/mol. The maximum Gasteiger partial charge on any atom is 0.227 e. The molecule has 0 spiro atoms. The first-order valence-corrected chi connectivity index (χ1v) is 11.5. The van der Waals surface area contributed by atoms with E-state index in [-0.39, 0.29) is 29.4 Å². The van der Waals surface area contributed by atoms with Crippen molar-refractivity contribution in [3.05, 3.63) is 48.5 Å². The van der Waals surface area contributed by atoms with Crippen molar-refractivity contribution < 1.29 is 19.5 Å². The molecule has 174 valence electrons. The number of rotatable bonds is 7. The lowest BCUT2D eigenvalue weighted by Crippen LogP contribution is -2.39. The predicted octanol–water partition coefficient (Wildman–Crippen LogP) is 3.20. The average molecular weight is 451 g/mol. The fourth-order valence-corrected chi connectivity index (χ4v) is 4.36. The van der Waals surface area contributed by atoms with Crippen LogP contribution in [0.15, 0.2) is 48.5 Å². The summed E-state index contributed by atoms with van der Waals surface area (Å²) in [6, 6.07) is 14.1. The SMILES string of the molecule is O=C(CCN1CCC(C(=O)Nc2ccccc2O)CC1)Nc1ccc(N2CCCC2=O)cc1. The Morgan fingerprint density at radius 2 is 1.70 bits per heavy atom. The van der Waals surface area contributed by atoms with Crippen molar-refractivity contribution in [1.82, 2.24) is 4.90 Å². The Labute approximate surface area is 193 Å². The summed E-state index contributed by atoms with van der Waals surface area (Å²) in [4.78, 5) is 40.7. The number of aromatic hydroxyl groups is 1. The molecule has 3 N–H and O–H groups in total. The van der Waals surface area contributed by atoms with Crippen LogP contribution in [-0.4, -0.2) is 53.9 Å². The van der Waals surface area contributed by atoms with Gasteiger partial charge in [0, 0.05) is 43.2 Å². The summed E-state index contributed by atoms with van der Waals surface area (Å²) in [7, 11) is 0.